The minimum absolute atomic E-state index is 0.194. The molecule has 13 heavy (non-hydrogen) atoms. The summed E-state index contributed by atoms with van der Waals surface area (Å²) in [6.07, 6.45) is 0. The van der Waals surface area contributed by atoms with E-state index in [1.54, 1.807) is 0 Å². The molecule has 0 unspecified atom stereocenters. The van der Waals surface area contributed by atoms with Gasteiger partial charge in [0.15, 0.2) is 0 Å². The summed E-state index contributed by atoms with van der Waals surface area (Å²) in [5.74, 6) is -0.588. The van der Waals surface area contributed by atoms with Crippen molar-refractivity contribution in [3.8, 4) is 0 Å². The first-order chi connectivity index (χ1) is 5.82. The SMILES string of the molecule is Cc1cc(F)cc(Cl)c1S(N)(=O)=O. The number of nitrogens with two attached hydrogens (primary N) is 1. The van der Waals surface area contributed by atoms with Crippen LogP contribution in [0.1, 0.15) is 5.56 Å². The van der Waals surface area contributed by atoms with Crippen molar-refractivity contribution in [3.63, 3.8) is 0 Å². The first kappa shape index (κ1) is 10.4. The molecular weight excluding hydrogens is 217 g/mol. The van der Waals surface area contributed by atoms with E-state index in [1.165, 1.54) is 6.92 Å². The monoisotopic (exact) mass is 223 g/mol. The van der Waals surface area contributed by atoms with Crippen molar-refractivity contribution < 1.29 is 12.8 Å². The van der Waals surface area contributed by atoms with E-state index in [4.69, 9.17) is 16.7 Å². The summed E-state index contributed by atoms with van der Waals surface area (Å²) in [4.78, 5) is -0.226. The fraction of sp³-hybridized carbons (Fsp3) is 0.143. The van der Waals surface area contributed by atoms with Gasteiger partial charge >= 0.3 is 0 Å². The first-order valence-corrected chi connectivity index (χ1v) is 5.23. The highest BCUT2D eigenvalue weighted by Gasteiger charge is 2.16. The summed E-state index contributed by atoms with van der Waals surface area (Å²) in [7, 11) is -3.88. The van der Waals surface area contributed by atoms with Crippen molar-refractivity contribution >= 4 is 21.6 Å². The number of hydrogen-bond acceptors (Lipinski definition) is 2. The van der Waals surface area contributed by atoms with Gasteiger partial charge in [-0.05, 0) is 24.6 Å². The second-order valence-electron chi connectivity index (χ2n) is 2.58. The molecule has 1 aromatic carbocycles. The third kappa shape index (κ3) is 2.18. The molecule has 0 amide bonds. The Bertz CT molecular complexity index is 421. The van der Waals surface area contributed by atoms with Crippen molar-refractivity contribution in [3.05, 3.63) is 28.5 Å². The van der Waals surface area contributed by atoms with Crippen molar-refractivity contribution in [1.82, 2.24) is 0 Å². The Morgan fingerprint density at radius 1 is 1.46 bits per heavy atom. The summed E-state index contributed by atoms with van der Waals surface area (Å²) in [5, 5.41) is 4.68. The minimum Gasteiger partial charge on any atom is -0.225 e. The quantitative estimate of drug-likeness (QED) is 0.783. The molecule has 2 N–H and O–H groups in total. The lowest BCUT2D eigenvalue weighted by molar-refractivity contribution is 0.595. The van der Waals surface area contributed by atoms with Gasteiger partial charge < -0.3 is 0 Å². The van der Waals surface area contributed by atoms with Crippen LogP contribution in [0.5, 0.6) is 0 Å². The van der Waals surface area contributed by atoms with Gasteiger partial charge in [-0.2, -0.15) is 0 Å². The number of hydrogen-bond donors (Lipinski definition) is 1. The van der Waals surface area contributed by atoms with Crippen LogP contribution >= 0.6 is 11.6 Å². The molecule has 0 aromatic heterocycles. The predicted molar refractivity (Wildman–Crippen MR) is 47.5 cm³/mol. The molecule has 1 rings (SSSR count). The molecule has 0 spiro atoms. The van der Waals surface area contributed by atoms with Crippen LogP contribution in [0.4, 0.5) is 4.39 Å². The van der Waals surface area contributed by atoms with Gasteiger partial charge in [0, 0.05) is 0 Å². The zero-order valence-corrected chi connectivity index (χ0v) is 8.29. The highest BCUT2D eigenvalue weighted by atomic mass is 35.5. The van der Waals surface area contributed by atoms with E-state index in [2.05, 4.69) is 0 Å². The maximum absolute atomic E-state index is 12.7. The smallest absolute Gasteiger partial charge is 0.225 e. The summed E-state index contributed by atoms with van der Waals surface area (Å²) < 4.78 is 34.6. The third-order valence-corrected chi connectivity index (χ3v) is 3.00. The molecule has 0 heterocycles. The zero-order valence-electron chi connectivity index (χ0n) is 6.71. The fourth-order valence-electron chi connectivity index (χ4n) is 1.05. The molecule has 0 aliphatic rings. The Kier molecular flexibility index (Phi) is 2.61. The molecule has 0 bridgehead atoms. The van der Waals surface area contributed by atoms with E-state index in [-0.39, 0.29) is 15.5 Å². The average molecular weight is 224 g/mol. The lowest BCUT2D eigenvalue weighted by Gasteiger charge is -2.05. The summed E-state index contributed by atoms with van der Waals surface area (Å²) in [6, 6.07) is 1.97. The number of primary sulfonamides is 1. The number of rotatable bonds is 1. The molecule has 72 valence electrons. The Hall–Kier alpha value is -0.650. The van der Waals surface area contributed by atoms with Crippen molar-refractivity contribution in [2.24, 2.45) is 5.14 Å². The van der Waals surface area contributed by atoms with Gasteiger partial charge in [0.1, 0.15) is 10.7 Å². The van der Waals surface area contributed by atoms with E-state index in [9.17, 15) is 12.8 Å². The lowest BCUT2D eigenvalue weighted by atomic mass is 10.2. The van der Waals surface area contributed by atoms with E-state index >= 15 is 0 Å². The molecule has 3 nitrogen and oxygen atoms in total. The van der Waals surface area contributed by atoms with Gasteiger partial charge in [-0.15, -0.1) is 0 Å². The van der Waals surface area contributed by atoms with Gasteiger partial charge in [-0.1, -0.05) is 11.6 Å². The summed E-state index contributed by atoms with van der Waals surface area (Å²) >= 11 is 5.52. The number of halogens is 2. The van der Waals surface area contributed by atoms with Crippen LogP contribution in [0, 0.1) is 12.7 Å². The molecule has 0 atom stereocenters. The molecule has 1 aromatic rings. The Morgan fingerprint density at radius 3 is 2.38 bits per heavy atom. The first-order valence-electron chi connectivity index (χ1n) is 3.31. The minimum atomic E-state index is -3.88. The van der Waals surface area contributed by atoms with Crippen LogP contribution in [0.15, 0.2) is 17.0 Å². The Balaban J connectivity index is 3.57. The number of sulfonamides is 1. The molecule has 0 saturated carbocycles. The van der Waals surface area contributed by atoms with Crippen LogP contribution in [0.25, 0.3) is 0 Å². The van der Waals surface area contributed by atoms with Crippen molar-refractivity contribution in [2.45, 2.75) is 11.8 Å². The highest BCUT2D eigenvalue weighted by Crippen LogP contribution is 2.24. The van der Waals surface area contributed by atoms with Crippen LogP contribution < -0.4 is 5.14 Å². The molecule has 0 aliphatic carbocycles. The fourth-order valence-corrected chi connectivity index (χ4v) is 2.46. The van der Waals surface area contributed by atoms with Crippen LogP contribution in [-0.4, -0.2) is 8.42 Å². The van der Waals surface area contributed by atoms with Gasteiger partial charge in [0.25, 0.3) is 0 Å². The maximum Gasteiger partial charge on any atom is 0.239 e. The summed E-state index contributed by atoms with van der Waals surface area (Å²) in [6.45, 7) is 1.43. The maximum atomic E-state index is 12.7. The number of benzene rings is 1. The van der Waals surface area contributed by atoms with Gasteiger partial charge in [0.2, 0.25) is 10.0 Å². The predicted octanol–water partition coefficient (Wildman–Crippen LogP) is 1.43. The zero-order chi connectivity index (χ0) is 10.2. The normalized spacial score (nSPS) is 11.7. The number of aryl methyl sites for hydroxylation is 1. The average Bonchev–Trinajstić information content (AvgIpc) is 1.78. The van der Waals surface area contributed by atoms with Crippen LogP contribution in [-0.2, 0) is 10.0 Å². The molecule has 0 saturated heterocycles. The second-order valence-corrected chi connectivity index (χ2v) is 4.48. The van der Waals surface area contributed by atoms with Gasteiger partial charge in [0.05, 0.1) is 5.02 Å². The third-order valence-electron chi connectivity index (χ3n) is 1.48. The van der Waals surface area contributed by atoms with Gasteiger partial charge in [-0.25, -0.2) is 17.9 Å². The van der Waals surface area contributed by atoms with Crippen molar-refractivity contribution in [1.29, 1.82) is 0 Å². The molecule has 0 aliphatic heterocycles. The van der Waals surface area contributed by atoms with E-state index in [0.29, 0.717) is 0 Å². The van der Waals surface area contributed by atoms with E-state index in [1.807, 2.05) is 0 Å². The topological polar surface area (TPSA) is 60.2 Å². The molecular formula is C7H7ClFNO2S. The highest BCUT2D eigenvalue weighted by molar-refractivity contribution is 7.89. The summed E-state index contributed by atoms with van der Waals surface area (Å²) in [5.41, 5.74) is 0.201. The molecule has 0 radical (unpaired) electrons. The largest absolute Gasteiger partial charge is 0.239 e. The molecule has 0 fully saturated rings. The second kappa shape index (κ2) is 3.25. The van der Waals surface area contributed by atoms with Crippen LogP contribution in [0.3, 0.4) is 0 Å². The van der Waals surface area contributed by atoms with E-state index in [0.717, 1.165) is 12.1 Å². The van der Waals surface area contributed by atoms with E-state index < -0.39 is 15.8 Å². The van der Waals surface area contributed by atoms with Crippen LogP contribution in [0.2, 0.25) is 5.02 Å². The standard InChI is InChI=1S/C7H7ClFNO2S/c1-4-2-5(9)3-6(8)7(4)13(10,11)12/h2-3H,1H3,(H2,10,11,12). The van der Waals surface area contributed by atoms with Crippen molar-refractivity contribution in [2.75, 3.05) is 0 Å². The Labute approximate surface area is 80.4 Å². The Morgan fingerprint density at radius 2 is 2.00 bits per heavy atom. The molecule has 6 heteroatoms. The van der Waals surface area contributed by atoms with Gasteiger partial charge in [-0.3, -0.25) is 0 Å². The lowest BCUT2D eigenvalue weighted by Crippen LogP contribution is -2.14.